The van der Waals surface area contributed by atoms with Crippen LogP contribution >= 0.6 is 0 Å². The number of carbonyl (C=O) groups excluding carboxylic acids is 1. The van der Waals surface area contributed by atoms with Gasteiger partial charge in [-0.1, -0.05) is 0 Å². The number of methoxy groups -OCH3 is 1. The molecule has 18 heavy (non-hydrogen) atoms. The molecule has 7 heteroatoms. The Labute approximate surface area is 101 Å². The lowest BCUT2D eigenvalue weighted by Gasteiger charge is -2.05. The molecule has 0 radical (unpaired) electrons. The number of nitrogens with zero attached hydrogens (tertiary/aromatic N) is 1. The summed E-state index contributed by atoms with van der Waals surface area (Å²) in [6.07, 6.45) is 2.27. The van der Waals surface area contributed by atoms with Crippen LogP contribution in [0.3, 0.4) is 0 Å². The fraction of sp³-hybridized carbons (Fsp3) is 0.0909. The van der Waals surface area contributed by atoms with Crippen molar-refractivity contribution in [3.8, 4) is 5.75 Å². The number of ether oxygens (including phenoxy) is 1. The van der Waals surface area contributed by atoms with Gasteiger partial charge in [-0.25, -0.2) is 4.79 Å². The van der Waals surface area contributed by atoms with Gasteiger partial charge in [-0.2, -0.15) is 0 Å². The maximum absolute atomic E-state index is 10.8. The fourth-order valence-corrected chi connectivity index (χ4v) is 1.32. The van der Waals surface area contributed by atoms with E-state index in [1.165, 1.54) is 13.2 Å². The van der Waals surface area contributed by atoms with Crippen LogP contribution in [-0.4, -0.2) is 29.4 Å². The zero-order chi connectivity index (χ0) is 13.7. The van der Waals surface area contributed by atoms with Crippen molar-refractivity contribution in [2.75, 3.05) is 7.11 Å². The van der Waals surface area contributed by atoms with Gasteiger partial charge in [-0.05, 0) is 12.1 Å². The van der Waals surface area contributed by atoms with Crippen LogP contribution in [0.15, 0.2) is 18.2 Å². The zero-order valence-corrected chi connectivity index (χ0v) is 9.32. The van der Waals surface area contributed by atoms with E-state index in [2.05, 4.69) is 0 Å². The van der Waals surface area contributed by atoms with Crippen LogP contribution in [0.5, 0.6) is 5.75 Å². The molecule has 0 aliphatic carbocycles. The minimum absolute atomic E-state index is 0.0188. The van der Waals surface area contributed by atoms with Crippen molar-refractivity contribution >= 4 is 24.0 Å². The van der Waals surface area contributed by atoms with Crippen LogP contribution in [0.25, 0.3) is 6.08 Å². The van der Waals surface area contributed by atoms with Gasteiger partial charge < -0.3 is 9.84 Å². The molecule has 0 unspecified atom stereocenters. The van der Waals surface area contributed by atoms with Crippen molar-refractivity contribution in [1.29, 1.82) is 0 Å². The zero-order valence-electron chi connectivity index (χ0n) is 9.32. The van der Waals surface area contributed by atoms with Gasteiger partial charge in [0.1, 0.15) is 5.75 Å². The third-order valence-corrected chi connectivity index (χ3v) is 2.11. The topological polar surface area (TPSA) is 107 Å². The van der Waals surface area contributed by atoms with Crippen LogP contribution in [0.4, 0.5) is 5.69 Å². The van der Waals surface area contributed by atoms with Crippen LogP contribution in [0.2, 0.25) is 0 Å². The fourth-order valence-electron chi connectivity index (χ4n) is 1.32. The van der Waals surface area contributed by atoms with Gasteiger partial charge in [0.25, 0.3) is 5.69 Å². The highest BCUT2D eigenvalue weighted by Crippen LogP contribution is 2.28. The van der Waals surface area contributed by atoms with Gasteiger partial charge in [0.2, 0.25) is 0 Å². The van der Waals surface area contributed by atoms with Crippen molar-refractivity contribution in [2.45, 2.75) is 0 Å². The van der Waals surface area contributed by atoms with Gasteiger partial charge >= 0.3 is 5.97 Å². The number of benzene rings is 1. The molecule has 7 nitrogen and oxygen atoms in total. The average Bonchev–Trinajstić information content (AvgIpc) is 2.34. The number of aldehydes is 1. The molecule has 0 aliphatic heterocycles. The normalized spacial score (nSPS) is 10.3. The van der Waals surface area contributed by atoms with Gasteiger partial charge in [-0.3, -0.25) is 14.9 Å². The van der Waals surface area contributed by atoms with E-state index in [1.807, 2.05) is 0 Å². The second-order valence-corrected chi connectivity index (χ2v) is 3.20. The Morgan fingerprint density at radius 1 is 1.44 bits per heavy atom. The molecule has 0 heterocycles. The summed E-state index contributed by atoms with van der Waals surface area (Å²) in [7, 11) is 1.28. The molecule has 0 saturated heterocycles. The number of carboxylic acids is 1. The Morgan fingerprint density at radius 3 is 2.56 bits per heavy atom. The number of aliphatic carboxylic acids is 1. The molecule has 0 aliphatic rings. The number of hydrogen-bond acceptors (Lipinski definition) is 5. The SMILES string of the molecule is COc1cc([N+](=O)[O-])c(/C=C/C(=O)O)cc1C=O. The molecule has 0 amide bonds. The van der Waals surface area contributed by atoms with E-state index in [4.69, 9.17) is 9.84 Å². The molecule has 0 atom stereocenters. The highest BCUT2D eigenvalue weighted by molar-refractivity contribution is 5.88. The monoisotopic (exact) mass is 251 g/mol. The summed E-state index contributed by atoms with van der Waals surface area (Å²) in [5, 5.41) is 19.3. The smallest absolute Gasteiger partial charge is 0.328 e. The molecule has 0 saturated carbocycles. The number of nitro groups is 1. The maximum atomic E-state index is 10.8. The van der Waals surface area contributed by atoms with E-state index in [-0.39, 0.29) is 22.6 Å². The van der Waals surface area contributed by atoms with Gasteiger partial charge in [0.15, 0.2) is 6.29 Å². The van der Waals surface area contributed by atoms with Gasteiger partial charge in [0, 0.05) is 6.08 Å². The molecule has 0 spiro atoms. The van der Waals surface area contributed by atoms with E-state index < -0.39 is 10.9 Å². The van der Waals surface area contributed by atoms with E-state index >= 15 is 0 Å². The van der Waals surface area contributed by atoms with Gasteiger partial charge in [-0.15, -0.1) is 0 Å². The standard InChI is InChI=1S/C11H9NO6/c1-18-10-5-9(12(16)17)7(2-3-11(14)15)4-8(10)6-13/h2-6H,1H3,(H,14,15)/b3-2+. The van der Waals surface area contributed by atoms with Crippen LogP contribution in [-0.2, 0) is 4.79 Å². The Bertz CT molecular complexity index is 535. The van der Waals surface area contributed by atoms with Gasteiger partial charge in [0.05, 0.1) is 29.2 Å². The largest absolute Gasteiger partial charge is 0.496 e. The lowest BCUT2D eigenvalue weighted by Crippen LogP contribution is -1.98. The highest BCUT2D eigenvalue weighted by Gasteiger charge is 2.17. The van der Waals surface area contributed by atoms with Crippen molar-refractivity contribution < 1.29 is 24.4 Å². The molecule has 1 rings (SSSR count). The first-order valence-electron chi connectivity index (χ1n) is 4.72. The number of rotatable bonds is 5. The van der Waals surface area contributed by atoms with Crippen molar-refractivity contribution in [2.24, 2.45) is 0 Å². The predicted octanol–water partition coefficient (Wildman–Crippen LogP) is 1.51. The highest BCUT2D eigenvalue weighted by atomic mass is 16.6. The second kappa shape index (κ2) is 5.58. The quantitative estimate of drug-likeness (QED) is 0.368. The number of hydrogen-bond donors (Lipinski definition) is 1. The number of nitro benzene ring substituents is 1. The van der Waals surface area contributed by atoms with Crippen LogP contribution in [0, 0.1) is 10.1 Å². The summed E-state index contributed by atoms with van der Waals surface area (Å²) in [5.74, 6) is -1.18. The molecule has 0 fully saturated rings. The first kappa shape index (κ1) is 13.4. The minimum Gasteiger partial charge on any atom is -0.496 e. The summed E-state index contributed by atoms with van der Waals surface area (Å²) in [5.41, 5.74) is -0.214. The van der Waals surface area contributed by atoms with Crippen molar-refractivity contribution in [3.63, 3.8) is 0 Å². The van der Waals surface area contributed by atoms with Crippen molar-refractivity contribution in [1.82, 2.24) is 0 Å². The third kappa shape index (κ3) is 2.91. The second-order valence-electron chi connectivity index (χ2n) is 3.20. The summed E-state index contributed by atoms with van der Waals surface area (Å²) in [6.45, 7) is 0. The lowest BCUT2D eigenvalue weighted by molar-refractivity contribution is -0.385. The van der Waals surface area contributed by atoms with E-state index in [9.17, 15) is 19.7 Å². The molecule has 1 aromatic rings. The molecule has 0 bridgehead atoms. The summed E-state index contributed by atoms with van der Waals surface area (Å²) < 4.78 is 4.83. The summed E-state index contributed by atoms with van der Waals surface area (Å²) in [6, 6.07) is 2.27. The first-order chi connectivity index (χ1) is 8.49. The average molecular weight is 251 g/mol. The predicted molar refractivity (Wildman–Crippen MR) is 61.7 cm³/mol. The molecule has 94 valence electrons. The Balaban J connectivity index is 3.42. The van der Waals surface area contributed by atoms with E-state index in [0.29, 0.717) is 6.29 Å². The molecule has 1 aromatic carbocycles. The van der Waals surface area contributed by atoms with Crippen LogP contribution in [0.1, 0.15) is 15.9 Å². The van der Waals surface area contributed by atoms with Crippen molar-refractivity contribution in [3.05, 3.63) is 39.4 Å². The maximum Gasteiger partial charge on any atom is 0.328 e. The first-order valence-corrected chi connectivity index (χ1v) is 4.72. The number of carbonyl (C=O) groups is 2. The summed E-state index contributed by atoms with van der Waals surface area (Å²) >= 11 is 0. The molecule has 1 N–H and O–H groups in total. The Kier molecular flexibility index (Phi) is 4.14. The van der Waals surface area contributed by atoms with E-state index in [0.717, 1.165) is 18.2 Å². The third-order valence-electron chi connectivity index (χ3n) is 2.11. The lowest BCUT2D eigenvalue weighted by atomic mass is 10.1. The Hall–Kier alpha value is -2.70. The molecular formula is C11H9NO6. The Morgan fingerprint density at radius 2 is 2.11 bits per heavy atom. The number of carboxylic acid groups (broad SMARTS) is 1. The minimum atomic E-state index is -1.24. The van der Waals surface area contributed by atoms with E-state index in [1.54, 1.807) is 0 Å². The summed E-state index contributed by atoms with van der Waals surface area (Å²) in [4.78, 5) is 31.3. The molecular weight excluding hydrogens is 242 g/mol. The van der Waals surface area contributed by atoms with Crippen LogP contribution < -0.4 is 4.74 Å². The molecule has 0 aromatic heterocycles.